The van der Waals surface area contributed by atoms with E-state index in [2.05, 4.69) is 12.2 Å². The highest BCUT2D eigenvalue weighted by molar-refractivity contribution is 6.30. The number of nitrogens with one attached hydrogen (secondary N) is 1. The molecule has 1 fully saturated rings. The first-order valence-corrected chi connectivity index (χ1v) is 11.1. The van der Waals surface area contributed by atoms with Crippen LogP contribution >= 0.6 is 11.6 Å². The Hall–Kier alpha value is -2.73. The van der Waals surface area contributed by atoms with Crippen LogP contribution in [0.3, 0.4) is 0 Å². The number of hydrogen-bond donors (Lipinski definition) is 1. The van der Waals surface area contributed by atoms with E-state index in [0.29, 0.717) is 31.3 Å². The molecule has 0 spiro atoms. The number of nitrogens with zero attached hydrogens (tertiary/aromatic N) is 2. The molecule has 0 saturated carbocycles. The standard InChI is InChI=1S/C24H30ClN3O3/c1-3-4-15-31-22-11-7-20(8-12-22)18(2)26-23(29)17-28-14-13-27(24(28)30)16-19-5-9-21(25)10-6-19/h5-12,18H,3-4,13-17H2,1-2H3,(H,26,29)/t18-/m1/s1. The topological polar surface area (TPSA) is 61.9 Å². The highest BCUT2D eigenvalue weighted by Crippen LogP contribution is 2.19. The maximum Gasteiger partial charge on any atom is 0.320 e. The van der Waals surface area contributed by atoms with Crippen molar-refractivity contribution < 1.29 is 14.3 Å². The van der Waals surface area contributed by atoms with Gasteiger partial charge in [0, 0.05) is 24.7 Å². The first-order valence-electron chi connectivity index (χ1n) is 10.8. The van der Waals surface area contributed by atoms with Gasteiger partial charge in [0.1, 0.15) is 12.3 Å². The zero-order valence-corrected chi connectivity index (χ0v) is 18.9. The maximum atomic E-state index is 12.6. The minimum absolute atomic E-state index is 0.0541. The molecule has 1 aliphatic heterocycles. The minimum Gasteiger partial charge on any atom is -0.494 e. The Bertz CT molecular complexity index is 871. The molecule has 1 atom stereocenters. The van der Waals surface area contributed by atoms with E-state index < -0.39 is 0 Å². The predicted octanol–water partition coefficient (Wildman–Crippen LogP) is 4.63. The largest absolute Gasteiger partial charge is 0.494 e. The Morgan fingerprint density at radius 1 is 1.10 bits per heavy atom. The summed E-state index contributed by atoms with van der Waals surface area (Å²) in [6.45, 7) is 6.48. The second-order valence-corrected chi connectivity index (χ2v) is 8.25. The minimum atomic E-state index is -0.169. The van der Waals surface area contributed by atoms with Gasteiger partial charge < -0.3 is 19.9 Å². The lowest BCUT2D eigenvalue weighted by molar-refractivity contribution is -0.122. The lowest BCUT2D eigenvalue weighted by atomic mass is 10.1. The Morgan fingerprint density at radius 2 is 1.77 bits per heavy atom. The number of urea groups is 1. The van der Waals surface area contributed by atoms with Gasteiger partial charge in [0.05, 0.1) is 12.6 Å². The molecule has 0 bridgehead atoms. The van der Waals surface area contributed by atoms with Crippen LogP contribution in [0.1, 0.15) is 43.9 Å². The van der Waals surface area contributed by atoms with Crippen LogP contribution in [-0.4, -0.2) is 48.0 Å². The van der Waals surface area contributed by atoms with Crippen molar-refractivity contribution in [3.8, 4) is 5.75 Å². The third kappa shape index (κ3) is 6.62. The number of carbonyl (C=O) groups excluding carboxylic acids is 2. The van der Waals surface area contributed by atoms with Crippen LogP contribution in [-0.2, 0) is 11.3 Å². The van der Waals surface area contributed by atoms with Gasteiger partial charge in [-0.3, -0.25) is 4.79 Å². The fraction of sp³-hybridized carbons (Fsp3) is 0.417. The van der Waals surface area contributed by atoms with Crippen molar-refractivity contribution in [2.24, 2.45) is 0 Å². The van der Waals surface area contributed by atoms with Crippen molar-refractivity contribution in [3.63, 3.8) is 0 Å². The van der Waals surface area contributed by atoms with Crippen LogP contribution in [0.4, 0.5) is 4.79 Å². The summed E-state index contributed by atoms with van der Waals surface area (Å²) in [5.41, 5.74) is 2.01. The Labute approximate surface area is 189 Å². The van der Waals surface area contributed by atoms with Crippen LogP contribution in [0.25, 0.3) is 0 Å². The number of halogens is 1. The predicted molar refractivity (Wildman–Crippen MR) is 122 cm³/mol. The molecule has 31 heavy (non-hydrogen) atoms. The van der Waals surface area contributed by atoms with Gasteiger partial charge in [-0.25, -0.2) is 4.79 Å². The molecule has 0 radical (unpaired) electrons. The number of ether oxygens (including phenoxy) is 1. The molecule has 6 nitrogen and oxygen atoms in total. The smallest absolute Gasteiger partial charge is 0.320 e. The molecule has 2 aromatic rings. The van der Waals surface area contributed by atoms with Crippen molar-refractivity contribution >= 4 is 23.5 Å². The molecule has 3 amide bonds. The Balaban J connectivity index is 1.46. The van der Waals surface area contributed by atoms with Crippen LogP contribution in [0.15, 0.2) is 48.5 Å². The number of benzene rings is 2. The van der Waals surface area contributed by atoms with E-state index in [4.69, 9.17) is 16.3 Å². The van der Waals surface area contributed by atoms with Gasteiger partial charge in [-0.05, 0) is 48.7 Å². The number of hydrogen-bond acceptors (Lipinski definition) is 3. The fourth-order valence-electron chi connectivity index (χ4n) is 3.47. The monoisotopic (exact) mass is 443 g/mol. The lowest BCUT2D eigenvalue weighted by Gasteiger charge is -2.20. The zero-order chi connectivity index (χ0) is 22.2. The van der Waals surface area contributed by atoms with E-state index in [0.717, 1.165) is 29.7 Å². The highest BCUT2D eigenvalue weighted by atomic mass is 35.5. The van der Waals surface area contributed by atoms with Crippen LogP contribution in [0, 0.1) is 0 Å². The van der Waals surface area contributed by atoms with Gasteiger partial charge in [0.25, 0.3) is 0 Å². The summed E-state index contributed by atoms with van der Waals surface area (Å²) < 4.78 is 5.68. The third-order valence-corrected chi connectivity index (χ3v) is 5.58. The van der Waals surface area contributed by atoms with Gasteiger partial charge in [-0.1, -0.05) is 49.2 Å². The van der Waals surface area contributed by atoms with E-state index in [-0.39, 0.29) is 24.5 Å². The van der Waals surface area contributed by atoms with E-state index in [9.17, 15) is 9.59 Å². The molecule has 3 rings (SSSR count). The first kappa shape index (κ1) is 22.9. The van der Waals surface area contributed by atoms with E-state index in [1.54, 1.807) is 9.80 Å². The summed E-state index contributed by atoms with van der Waals surface area (Å²) in [6.07, 6.45) is 2.13. The summed E-state index contributed by atoms with van der Waals surface area (Å²) in [7, 11) is 0. The van der Waals surface area contributed by atoms with Crippen LogP contribution < -0.4 is 10.1 Å². The van der Waals surface area contributed by atoms with Gasteiger partial charge >= 0.3 is 6.03 Å². The molecular weight excluding hydrogens is 414 g/mol. The quantitative estimate of drug-likeness (QED) is 0.544. The summed E-state index contributed by atoms with van der Waals surface area (Å²) in [4.78, 5) is 28.5. The highest BCUT2D eigenvalue weighted by Gasteiger charge is 2.30. The molecule has 7 heteroatoms. The third-order valence-electron chi connectivity index (χ3n) is 5.33. The van der Waals surface area contributed by atoms with Crippen LogP contribution in [0.5, 0.6) is 5.75 Å². The fourth-order valence-corrected chi connectivity index (χ4v) is 3.59. The van der Waals surface area contributed by atoms with Gasteiger partial charge in [-0.2, -0.15) is 0 Å². The van der Waals surface area contributed by atoms with Gasteiger partial charge in [0.2, 0.25) is 5.91 Å². The SMILES string of the molecule is CCCCOc1ccc([C@@H](C)NC(=O)CN2CCN(Cc3ccc(Cl)cc3)C2=O)cc1. The molecular formula is C24H30ClN3O3. The molecule has 1 aliphatic rings. The van der Waals surface area contributed by atoms with E-state index in [1.807, 2.05) is 55.5 Å². The van der Waals surface area contributed by atoms with Crippen molar-refractivity contribution in [3.05, 3.63) is 64.7 Å². The molecule has 0 aromatic heterocycles. The summed E-state index contributed by atoms with van der Waals surface area (Å²) in [5.74, 6) is 0.664. The summed E-state index contributed by atoms with van der Waals surface area (Å²) in [6, 6.07) is 14.9. The molecule has 1 heterocycles. The number of rotatable bonds is 10. The zero-order valence-electron chi connectivity index (χ0n) is 18.1. The van der Waals surface area contributed by atoms with Gasteiger partial charge in [0.15, 0.2) is 0 Å². The summed E-state index contributed by atoms with van der Waals surface area (Å²) in [5, 5.41) is 3.65. The van der Waals surface area contributed by atoms with Crippen molar-refractivity contribution in [1.29, 1.82) is 0 Å². The second kappa shape index (κ2) is 11.0. The summed E-state index contributed by atoms with van der Waals surface area (Å²) >= 11 is 5.92. The van der Waals surface area contributed by atoms with Crippen molar-refractivity contribution in [2.45, 2.75) is 39.3 Å². The second-order valence-electron chi connectivity index (χ2n) is 7.81. The van der Waals surface area contributed by atoms with E-state index >= 15 is 0 Å². The average Bonchev–Trinajstić information content (AvgIpc) is 3.09. The molecule has 0 aliphatic carbocycles. The normalized spacial score (nSPS) is 14.6. The van der Waals surface area contributed by atoms with Gasteiger partial charge in [-0.15, -0.1) is 0 Å². The maximum absolute atomic E-state index is 12.6. The number of unbranched alkanes of at least 4 members (excludes halogenated alkanes) is 1. The lowest BCUT2D eigenvalue weighted by Crippen LogP contribution is -2.40. The average molecular weight is 444 g/mol. The number of amides is 3. The Kier molecular flexibility index (Phi) is 8.18. The van der Waals surface area contributed by atoms with Crippen molar-refractivity contribution in [1.82, 2.24) is 15.1 Å². The molecule has 1 saturated heterocycles. The molecule has 166 valence electrons. The number of carbonyl (C=O) groups is 2. The van der Waals surface area contributed by atoms with Crippen LogP contribution in [0.2, 0.25) is 5.02 Å². The Morgan fingerprint density at radius 3 is 2.45 bits per heavy atom. The molecule has 0 unspecified atom stereocenters. The molecule has 1 N–H and O–H groups in total. The van der Waals surface area contributed by atoms with E-state index in [1.165, 1.54) is 0 Å². The van der Waals surface area contributed by atoms with Crippen molar-refractivity contribution in [2.75, 3.05) is 26.2 Å². The first-order chi connectivity index (χ1) is 15.0. The molecule has 2 aromatic carbocycles.